The fourth-order valence-electron chi connectivity index (χ4n) is 3.70. The summed E-state index contributed by atoms with van der Waals surface area (Å²) in [6, 6.07) is 10.6. The van der Waals surface area contributed by atoms with Crippen LogP contribution in [0.4, 0.5) is 0 Å². The molecule has 0 amide bonds. The van der Waals surface area contributed by atoms with Crippen molar-refractivity contribution < 1.29 is 27.8 Å². The van der Waals surface area contributed by atoms with Gasteiger partial charge in [0.15, 0.2) is 0 Å². The molecule has 1 fully saturated rings. The quantitative estimate of drug-likeness (QED) is 0.720. The summed E-state index contributed by atoms with van der Waals surface area (Å²) >= 11 is 1.47. The number of thioether (sulfide) groups is 1. The second-order valence-electron chi connectivity index (χ2n) is 7.37. The Balaban J connectivity index is 2.01. The van der Waals surface area contributed by atoms with E-state index in [1.165, 1.54) is 23.9 Å². The lowest BCUT2D eigenvalue weighted by Gasteiger charge is -2.42. The minimum atomic E-state index is -3.98. The fraction of sp³-hybridized carbons (Fsp3) is 0.381. The van der Waals surface area contributed by atoms with Crippen LogP contribution in [0.5, 0.6) is 11.5 Å². The molecular weight excluding hydrogens is 426 g/mol. The molecule has 0 unspecified atom stereocenters. The van der Waals surface area contributed by atoms with Gasteiger partial charge in [0.2, 0.25) is 10.0 Å². The number of methoxy groups -OCH3 is 2. The van der Waals surface area contributed by atoms with E-state index in [0.717, 1.165) is 9.87 Å². The molecule has 1 atom stereocenters. The van der Waals surface area contributed by atoms with Gasteiger partial charge in [-0.2, -0.15) is 16.1 Å². The van der Waals surface area contributed by atoms with Crippen LogP contribution in [0.3, 0.4) is 0 Å². The van der Waals surface area contributed by atoms with Crippen molar-refractivity contribution in [2.75, 3.05) is 26.5 Å². The first-order valence-corrected chi connectivity index (χ1v) is 11.8. The number of hydrogen-bond acceptors (Lipinski definition) is 6. The molecule has 3 rings (SSSR count). The standard InChI is InChI=1S/C21H25NO6S2/c1-21(2)19(20(23)24)22(12-13-29-21)30(25,26)15-10-8-14(9-11-15)18-16(27-3)6-5-7-17(18)28-4/h5-11,19H,12-13H2,1-4H3,(H,23,24)/t19-/m0/s1. The normalized spacial score (nSPS) is 19.3. The molecule has 1 saturated heterocycles. The van der Waals surface area contributed by atoms with E-state index in [0.29, 0.717) is 22.8 Å². The smallest absolute Gasteiger partial charge is 0.323 e. The minimum Gasteiger partial charge on any atom is -0.496 e. The lowest BCUT2D eigenvalue weighted by atomic mass is 10.0. The highest BCUT2D eigenvalue weighted by Crippen LogP contribution is 2.40. The number of carbonyl (C=O) groups is 1. The summed E-state index contributed by atoms with van der Waals surface area (Å²) in [5.41, 5.74) is 1.44. The molecule has 2 aromatic rings. The highest BCUT2D eigenvalue weighted by atomic mass is 32.2. The Morgan fingerprint density at radius 1 is 1.10 bits per heavy atom. The molecule has 1 heterocycles. The van der Waals surface area contributed by atoms with Gasteiger partial charge in [-0.1, -0.05) is 18.2 Å². The van der Waals surface area contributed by atoms with E-state index in [-0.39, 0.29) is 11.4 Å². The van der Waals surface area contributed by atoms with Gasteiger partial charge in [0.1, 0.15) is 17.5 Å². The number of carboxylic acids is 1. The molecule has 0 spiro atoms. The topological polar surface area (TPSA) is 93.1 Å². The van der Waals surface area contributed by atoms with Crippen molar-refractivity contribution in [3.05, 3.63) is 42.5 Å². The van der Waals surface area contributed by atoms with Crippen molar-refractivity contribution in [2.45, 2.75) is 29.5 Å². The SMILES string of the molecule is COc1cccc(OC)c1-c1ccc(S(=O)(=O)N2CCSC(C)(C)[C@@H]2C(=O)O)cc1. The molecule has 0 bridgehead atoms. The number of rotatable bonds is 6. The van der Waals surface area contributed by atoms with Gasteiger partial charge in [0.05, 0.1) is 24.7 Å². The highest BCUT2D eigenvalue weighted by molar-refractivity contribution is 8.00. The Kier molecular flexibility index (Phi) is 6.35. The predicted molar refractivity (Wildman–Crippen MR) is 117 cm³/mol. The average Bonchev–Trinajstić information content (AvgIpc) is 2.71. The van der Waals surface area contributed by atoms with Gasteiger partial charge in [0, 0.05) is 17.0 Å². The van der Waals surface area contributed by atoms with Crippen molar-refractivity contribution in [1.29, 1.82) is 0 Å². The zero-order valence-electron chi connectivity index (χ0n) is 17.3. The van der Waals surface area contributed by atoms with E-state index in [1.54, 1.807) is 52.3 Å². The highest BCUT2D eigenvalue weighted by Gasteiger charge is 2.48. The maximum atomic E-state index is 13.3. The first-order valence-electron chi connectivity index (χ1n) is 9.33. The number of carboxylic acid groups (broad SMARTS) is 1. The van der Waals surface area contributed by atoms with Gasteiger partial charge in [-0.15, -0.1) is 0 Å². The van der Waals surface area contributed by atoms with Crippen LogP contribution >= 0.6 is 11.8 Å². The maximum Gasteiger partial charge on any atom is 0.323 e. The fourth-order valence-corrected chi connectivity index (χ4v) is 6.79. The van der Waals surface area contributed by atoms with Gasteiger partial charge in [-0.05, 0) is 43.7 Å². The number of sulfonamides is 1. The molecule has 7 nitrogen and oxygen atoms in total. The van der Waals surface area contributed by atoms with Gasteiger partial charge in [-0.25, -0.2) is 8.42 Å². The molecule has 162 valence electrons. The van der Waals surface area contributed by atoms with Gasteiger partial charge in [0.25, 0.3) is 0 Å². The van der Waals surface area contributed by atoms with Crippen LogP contribution in [0.2, 0.25) is 0 Å². The van der Waals surface area contributed by atoms with E-state index in [4.69, 9.17) is 9.47 Å². The molecule has 0 saturated carbocycles. The summed E-state index contributed by atoms with van der Waals surface area (Å²) in [5, 5.41) is 9.72. The summed E-state index contributed by atoms with van der Waals surface area (Å²) in [7, 11) is -0.871. The van der Waals surface area contributed by atoms with Crippen LogP contribution < -0.4 is 9.47 Å². The lowest BCUT2D eigenvalue weighted by Crippen LogP contribution is -2.58. The summed E-state index contributed by atoms with van der Waals surface area (Å²) in [6.45, 7) is 3.67. The van der Waals surface area contributed by atoms with Crippen molar-refractivity contribution in [1.82, 2.24) is 4.31 Å². The van der Waals surface area contributed by atoms with Crippen molar-refractivity contribution in [3.63, 3.8) is 0 Å². The number of hydrogen-bond donors (Lipinski definition) is 1. The third-order valence-corrected chi connectivity index (χ3v) is 8.38. The first kappa shape index (κ1) is 22.5. The number of nitrogens with zero attached hydrogens (tertiary/aromatic N) is 1. The third-order valence-electron chi connectivity index (χ3n) is 5.14. The molecule has 1 aliphatic rings. The molecule has 1 N–H and O–H groups in total. The zero-order chi connectivity index (χ0) is 22.1. The second kappa shape index (κ2) is 8.49. The summed E-state index contributed by atoms with van der Waals surface area (Å²) in [6.07, 6.45) is 0. The summed E-state index contributed by atoms with van der Waals surface area (Å²) in [5.74, 6) is 0.592. The van der Waals surface area contributed by atoms with Crippen molar-refractivity contribution >= 4 is 27.8 Å². The monoisotopic (exact) mass is 451 g/mol. The van der Waals surface area contributed by atoms with E-state index in [2.05, 4.69) is 0 Å². The zero-order valence-corrected chi connectivity index (χ0v) is 18.9. The van der Waals surface area contributed by atoms with Crippen molar-refractivity contribution in [3.8, 4) is 22.6 Å². The van der Waals surface area contributed by atoms with Crippen LogP contribution in [0.25, 0.3) is 11.1 Å². The summed E-state index contributed by atoms with van der Waals surface area (Å²) < 4.78 is 37.8. The van der Waals surface area contributed by atoms with Crippen LogP contribution in [0.15, 0.2) is 47.4 Å². The molecule has 9 heteroatoms. The minimum absolute atomic E-state index is 0.0501. The Hall–Kier alpha value is -2.23. The van der Waals surface area contributed by atoms with Crippen LogP contribution in [-0.4, -0.2) is 61.1 Å². The Labute approximate surface area is 181 Å². The molecule has 30 heavy (non-hydrogen) atoms. The summed E-state index contributed by atoms with van der Waals surface area (Å²) in [4.78, 5) is 11.9. The lowest BCUT2D eigenvalue weighted by molar-refractivity contribution is -0.142. The van der Waals surface area contributed by atoms with Gasteiger partial charge >= 0.3 is 5.97 Å². The molecule has 1 aliphatic heterocycles. The molecular formula is C21H25NO6S2. The van der Waals surface area contributed by atoms with Crippen LogP contribution in [0, 0.1) is 0 Å². The van der Waals surface area contributed by atoms with Gasteiger partial charge in [-0.3, -0.25) is 4.79 Å². The third kappa shape index (κ3) is 4.01. The van der Waals surface area contributed by atoms with Crippen LogP contribution in [-0.2, 0) is 14.8 Å². The van der Waals surface area contributed by atoms with Crippen molar-refractivity contribution in [2.24, 2.45) is 0 Å². The molecule has 2 aromatic carbocycles. The Bertz CT molecular complexity index is 1010. The van der Waals surface area contributed by atoms with Crippen LogP contribution in [0.1, 0.15) is 13.8 Å². The predicted octanol–water partition coefficient (Wildman–Crippen LogP) is 3.34. The van der Waals surface area contributed by atoms with E-state index in [1.807, 2.05) is 6.07 Å². The average molecular weight is 452 g/mol. The molecule has 0 aliphatic carbocycles. The number of benzene rings is 2. The van der Waals surface area contributed by atoms with E-state index < -0.39 is 26.8 Å². The van der Waals surface area contributed by atoms with E-state index >= 15 is 0 Å². The number of aliphatic carboxylic acids is 1. The second-order valence-corrected chi connectivity index (χ2v) is 11.0. The largest absolute Gasteiger partial charge is 0.496 e. The number of ether oxygens (including phenoxy) is 2. The van der Waals surface area contributed by atoms with E-state index in [9.17, 15) is 18.3 Å². The Morgan fingerprint density at radius 2 is 1.67 bits per heavy atom. The molecule has 0 radical (unpaired) electrons. The first-order chi connectivity index (χ1) is 14.1. The van der Waals surface area contributed by atoms with Gasteiger partial charge < -0.3 is 14.6 Å². The molecule has 0 aromatic heterocycles. The maximum absolute atomic E-state index is 13.3. The Morgan fingerprint density at radius 3 is 2.17 bits per heavy atom.